The van der Waals surface area contributed by atoms with Crippen molar-refractivity contribution in [2.75, 3.05) is 13.2 Å². The Morgan fingerprint density at radius 3 is 2.61 bits per heavy atom. The average molecular weight is 508 g/mol. The molecule has 1 N–H and O–H groups in total. The second kappa shape index (κ2) is 11.7. The maximum Gasteiger partial charge on any atom is 0.333 e. The van der Waals surface area contributed by atoms with E-state index in [1.54, 1.807) is 11.3 Å². The fourth-order valence-electron chi connectivity index (χ4n) is 4.31. The van der Waals surface area contributed by atoms with Crippen molar-refractivity contribution in [2.45, 2.75) is 59.5 Å². The number of hydrogen-bond donors (Lipinski definition) is 1. The molecule has 1 atom stereocenters. The van der Waals surface area contributed by atoms with Gasteiger partial charge >= 0.3 is 5.97 Å². The molecule has 0 spiro atoms. The number of rotatable bonds is 12. The number of thiophene rings is 1. The number of hydrogen-bond acceptors (Lipinski definition) is 6. The second-order valence-corrected chi connectivity index (χ2v) is 10.1. The number of benzene rings is 2. The molecule has 2 heterocycles. The van der Waals surface area contributed by atoms with Gasteiger partial charge in [-0.2, -0.15) is 0 Å². The number of nitrogens with zero attached hydrogens (tertiary/aromatic N) is 1. The molecule has 0 amide bonds. The largest absolute Gasteiger partial charge is 0.493 e. The van der Waals surface area contributed by atoms with Gasteiger partial charge in [0.1, 0.15) is 11.5 Å². The quantitative estimate of drug-likeness (QED) is 0.210. The summed E-state index contributed by atoms with van der Waals surface area (Å²) in [7, 11) is 0. The summed E-state index contributed by atoms with van der Waals surface area (Å²) in [6.45, 7) is 9.04. The molecule has 0 saturated heterocycles. The van der Waals surface area contributed by atoms with Crippen LogP contribution in [0, 0.1) is 20.8 Å². The number of fused-ring (bicyclic) bond motifs is 1. The zero-order valence-corrected chi connectivity index (χ0v) is 22.1. The number of aromatic nitrogens is 1. The van der Waals surface area contributed by atoms with E-state index in [0.29, 0.717) is 31.9 Å². The van der Waals surface area contributed by atoms with Crippen LogP contribution in [0.25, 0.3) is 21.5 Å². The highest BCUT2D eigenvalue weighted by Crippen LogP contribution is 2.34. The lowest BCUT2D eigenvalue weighted by Crippen LogP contribution is -2.26. The number of oxazole rings is 1. The fraction of sp³-hybridized carbons (Fsp3) is 0.379. The van der Waals surface area contributed by atoms with Crippen LogP contribution >= 0.6 is 11.3 Å². The van der Waals surface area contributed by atoms with E-state index in [1.807, 2.05) is 30.5 Å². The van der Waals surface area contributed by atoms with E-state index in [4.69, 9.17) is 18.9 Å². The molecule has 4 rings (SSSR count). The van der Waals surface area contributed by atoms with Gasteiger partial charge in [0.05, 0.1) is 12.3 Å². The van der Waals surface area contributed by atoms with Crippen molar-refractivity contribution in [3.63, 3.8) is 0 Å². The van der Waals surface area contributed by atoms with Gasteiger partial charge < -0.3 is 19.0 Å². The number of aryl methyl sites for hydroxylation is 3. The predicted molar refractivity (Wildman–Crippen MR) is 143 cm³/mol. The monoisotopic (exact) mass is 507 g/mol. The predicted octanol–water partition coefficient (Wildman–Crippen LogP) is 6.92. The minimum Gasteiger partial charge on any atom is -0.493 e. The zero-order chi connectivity index (χ0) is 25.7. The summed E-state index contributed by atoms with van der Waals surface area (Å²) in [6.07, 6.45) is 1.92. The Morgan fingerprint density at radius 1 is 1.11 bits per heavy atom. The maximum atomic E-state index is 11.7. The van der Waals surface area contributed by atoms with Crippen molar-refractivity contribution in [2.24, 2.45) is 0 Å². The van der Waals surface area contributed by atoms with Crippen molar-refractivity contribution in [1.82, 2.24) is 4.98 Å². The molecule has 0 aliphatic heterocycles. The molecule has 2 aromatic carbocycles. The Bertz CT molecular complexity index is 1320. The number of ether oxygens (including phenoxy) is 2. The molecule has 0 fully saturated rings. The summed E-state index contributed by atoms with van der Waals surface area (Å²) in [6, 6.07) is 12.2. The number of carboxylic acids is 1. The molecule has 0 saturated carbocycles. The molecule has 2 aromatic heterocycles. The van der Waals surface area contributed by atoms with Crippen LogP contribution in [-0.4, -0.2) is 35.4 Å². The highest BCUT2D eigenvalue weighted by Gasteiger charge is 2.21. The highest BCUT2D eigenvalue weighted by atomic mass is 32.1. The van der Waals surface area contributed by atoms with Crippen molar-refractivity contribution in [1.29, 1.82) is 0 Å². The molecular formula is C29H33NO5S. The molecule has 36 heavy (non-hydrogen) atoms. The van der Waals surface area contributed by atoms with E-state index in [2.05, 4.69) is 39.0 Å². The van der Waals surface area contributed by atoms with Crippen molar-refractivity contribution < 1.29 is 23.8 Å². The van der Waals surface area contributed by atoms with Gasteiger partial charge in [-0.3, -0.25) is 0 Å². The van der Waals surface area contributed by atoms with Crippen LogP contribution in [0.4, 0.5) is 0 Å². The Morgan fingerprint density at radius 2 is 1.89 bits per heavy atom. The Labute approximate surface area is 215 Å². The molecule has 0 radical (unpaired) electrons. The standard InChI is InChI=1S/C29H33NO5S/c1-5-6-11-33-26(29(31)32)17-21-7-8-25(23-10-13-36-27(21)23)34-12-9-24-20(4)35-28(30-24)22-15-18(2)14-19(3)16-22/h7-8,10,13-16,26H,5-6,9,11-12,17H2,1-4H3,(H,31,32). The van der Waals surface area contributed by atoms with Crippen LogP contribution in [0.1, 0.15) is 47.9 Å². The van der Waals surface area contributed by atoms with Crippen molar-refractivity contribution in [3.8, 4) is 17.2 Å². The second-order valence-electron chi connectivity index (χ2n) is 9.14. The van der Waals surface area contributed by atoms with Crippen LogP contribution in [-0.2, 0) is 22.4 Å². The van der Waals surface area contributed by atoms with E-state index in [-0.39, 0.29) is 0 Å². The van der Waals surface area contributed by atoms with E-state index < -0.39 is 12.1 Å². The van der Waals surface area contributed by atoms with Gasteiger partial charge in [0, 0.05) is 35.1 Å². The molecular weight excluding hydrogens is 474 g/mol. The first kappa shape index (κ1) is 25.9. The lowest BCUT2D eigenvalue weighted by Gasteiger charge is -2.15. The van der Waals surface area contributed by atoms with Crippen molar-refractivity contribution >= 4 is 27.4 Å². The summed E-state index contributed by atoms with van der Waals surface area (Å²) in [4.78, 5) is 16.4. The van der Waals surface area contributed by atoms with Gasteiger partial charge in [-0.15, -0.1) is 11.3 Å². The lowest BCUT2D eigenvalue weighted by molar-refractivity contribution is -0.150. The molecule has 190 valence electrons. The normalized spacial score (nSPS) is 12.2. The van der Waals surface area contributed by atoms with Gasteiger partial charge in [-0.05, 0) is 62.4 Å². The van der Waals surface area contributed by atoms with Crippen LogP contribution in [0.5, 0.6) is 5.75 Å². The van der Waals surface area contributed by atoms with Crippen LogP contribution < -0.4 is 4.74 Å². The number of aliphatic carboxylic acids is 1. The summed E-state index contributed by atoms with van der Waals surface area (Å²) in [5, 5.41) is 12.6. The number of unbranched alkanes of at least 4 members (excludes halogenated alkanes) is 1. The maximum absolute atomic E-state index is 11.7. The number of carboxylic acid groups (broad SMARTS) is 1. The summed E-state index contributed by atoms with van der Waals surface area (Å²) in [5.41, 5.74) is 5.18. The van der Waals surface area contributed by atoms with Crippen LogP contribution in [0.15, 0.2) is 46.2 Å². The van der Waals surface area contributed by atoms with Gasteiger partial charge in [0.15, 0.2) is 6.10 Å². The first-order chi connectivity index (χ1) is 17.4. The lowest BCUT2D eigenvalue weighted by atomic mass is 10.1. The Hall–Kier alpha value is -3.16. The van der Waals surface area contributed by atoms with E-state index in [1.165, 1.54) is 11.1 Å². The molecule has 0 aliphatic rings. The Balaban J connectivity index is 1.44. The summed E-state index contributed by atoms with van der Waals surface area (Å²) >= 11 is 1.59. The van der Waals surface area contributed by atoms with Gasteiger partial charge in [-0.1, -0.05) is 36.6 Å². The van der Waals surface area contributed by atoms with E-state index in [9.17, 15) is 9.90 Å². The summed E-state index contributed by atoms with van der Waals surface area (Å²) < 4.78 is 18.8. The molecule has 7 heteroatoms. The minimum absolute atomic E-state index is 0.329. The molecule has 4 aromatic rings. The highest BCUT2D eigenvalue weighted by molar-refractivity contribution is 7.17. The van der Waals surface area contributed by atoms with Crippen LogP contribution in [0.2, 0.25) is 0 Å². The van der Waals surface area contributed by atoms with Gasteiger partial charge in [0.25, 0.3) is 0 Å². The zero-order valence-electron chi connectivity index (χ0n) is 21.3. The fourth-order valence-corrected chi connectivity index (χ4v) is 5.25. The third kappa shape index (κ3) is 6.15. The molecule has 6 nitrogen and oxygen atoms in total. The molecule has 0 aliphatic carbocycles. The number of carbonyl (C=O) groups is 1. The minimum atomic E-state index is -0.931. The SMILES string of the molecule is CCCCOC(Cc1ccc(OCCc2nc(-c3cc(C)cc(C)c3)oc2C)c2ccsc12)C(=O)O. The smallest absolute Gasteiger partial charge is 0.333 e. The van der Waals surface area contributed by atoms with E-state index in [0.717, 1.165) is 51.3 Å². The van der Waals surface area contributed by atoms with Gasteiger partial charge in [0.2, 0.25) is 5.89 Å². The Kier molecular flexibility index (Phi) is 8.44. The topological polar surface area (TPSA) is 81.8 Å². The van der Waals surface area contributed by atoms with Crippen molar-refractivity contribution in [3.05, 3.63) is 69.9 Å². The molecule has 0 bridgehead atoms. The summed E-state index contributed by atoms with van der Waals surface area (Å²) in [5.74, 6) is 1.28. The average Bonchev–Trinajstić information content (AvgIpc) is 3.46. The van der Waals surface area contributed by atoms with Crippen LogP contribution in [0.3, 0.4) is 0 Å². The molecule has 1 unspecified atom stereocenters. The first-order valence-corrected chi connectivity index (χ1v) is 13.2. The first-order valence-electron chi connectivity index (χ1n) is 12.4. The third-order valence-corrected chi connectivity index (χ3v) is 7.10. The van der Waals surface area contributed by atoms with E-state index >= 15 is 0 Å². The third-order valence-electron chi connectivity index (χ3n) is 6.11. The van der Waals surface area contributed by atoms with Gasteiger partial charge in [-0.25, -0.2) is 9.78 Å².